The number of allylic oxidation sites excluding steroid dienone is 2. The maximum atomic E-state index is 12.6. The van der Waals surface area contributed by atoms with Gasteiger partial charge in [-0.25, -0.2) is 4.79 Å². The molecule has 0 aliphatic rings. The summed E-state index contributed by atoms with van der Waals surface area (Å²) >= 11 is 0. The van der Waals surface area contributed by atoms with Gasteiger partial charge in [0.1, 0.15) is 34.9 Å². The number of benzene rings is 3. The molecule has 0 radical (unpaired) electrons. The topological polar surface area (TPSA) is 145 Å². The molecule has 0 aliphatic carbocycles. The third-order valence-electron chi connectivity index (χ3n) is 5.29. The van der Waals surface area contributed by atoms with Crippen molar-refractivity contribution in [2.45, 2.75) is 19.4 Å². The molecule has 0 aliphatic heterocycles. The van der Waals surface area contributed by atoms with Gasteiger partial charge in [-0.05, 0) is 79.6 Å². The maximum Gasteiger partial charge on any atom is 0.331 e. The number of carbonyl (C=O) groups excluding carboxylic acids is 2. The zero-order valence-electron chi connectivity index (χ0n) is 19.9. The van der Waals surface area contributed by atoms with Crippen molar-refractivity contribution in [1.82, 2.24) is 0 Å². The Kier molecular flexibility index (Phi) is 8.72. The molecule has 1 atom stereocenters. The standard InChI is InChI=1S/C29H26O8/c1-18(37-28(35)16-7-19-5-10-21(30)11-6-19)3-2-4-23-26(33)15-13-24(29(23)36)25(32)14-9-20-8-12-22(31)17-27(20)34/h2-3,5-18,30-31,33-34,36H,4H2,1H3/b3-2-,14-9+,16-7+. The van der Waals surface area contributed by atoms with Crippen LogP contribution in [0.2, 0.25) is 0 Å². The summed E-state index contributed by atoms with van der Waals surface area (Å²) in [6.45, 7) is 1.64. The quantitative estimate of drug-likeness (QED) is 0.121. The molecule has 3 aromatic carbocycles. The van der Waals surface area contributed by atoms with Crippen LogP contribution in [0.25, 0.3) is 12.2 Å². The van der Waals surface area contributed by atoms with Gasteiger partial charge in [0, 0.05) is 23.3 Å². The fraction of sp³-hybridized carbons (Fsp3) is 0.103. The number of carbonyl (C=O) groups is 2. The first-order valence-electron chi connectivity index (χ1n) is 11.3. The lowest BCUT2D eigenvalue weighted by molar-refractivity contribution is -0.140. The number of phenolic OH excluding ortho intramolecular Hbond substituents is 5. The Balaban J connectivity index is 1.63. The van der Waals surface area contributed by atoms with E-state index >= 15 is 0 Å². The second kappa shape index (κ2) is 12.1. The molecule has 0 spiro atoms. The van der Waals surface area contributed by atoms with Crippen molar-refractivity contribution in [3.63, 3.8) is 0 Å². The Hall–Kier alpha value is -4.98. The van der Waals surface area contributed by atoms with Crippen molar-refractivity contribution in [2.24, 2.45) is 0 Å². The smallest absolute Gasteiger partial charge is 0.331 e. The van der Waals surface area contributed by atoms with E-state index < -0.39 is 23.6 Å². The Labute approximate surface area is 213 Å². The third-order valence-corrected chi connectivity index (χ3v) is 5.29. The Bertz CT molecular complexity index is 1370. The second-order valence-corrected chi connectivity index (χ2v) is 8.10. The van der Waals surface area contributed by atoms with Crippen LogP contribution in [0.5, 0.6) is 28.7 Å². The molecule has 0 amide bonds. The Morgan fingerprint density at radius 3 is 2.24 bits per heavy atom. The summed E-state index contributed by atoms with van der Waals surface area (Å²) in [6, 6.07) is 12.8. The second-order valence-electron chi connectivity index (χ2n) is 8.10. The molecule has 5 N–H and O–H groups in total. The van der Waals surface area contributed by atoms with E-state index in [2.05, 4.69) is 0 Å². The summed E-state index contributed by atoms with van der Waals surface area (Å²) in [6.07, 6.45) is 7.93. The van der Waals surface area contributed by atoms with Crippen LogP contribution in [0.15, 0.2) is 78.9 Å². The number of hydrogen-bond acceptors (Lipinski definition) is 8. The predicted octanol–water partition coefficient (Wildman–Crippen LogP) is 4.85. The van der Waals surface area contributed by atoms with Gasteiger partial charge in [-0.1, -0.05) is 18.2 Å². The number of ether oxygens (including phenoxy) is 1. The molecule has 0 aromatic heterocycles. The molecule has 190 valence electrons. The monoisotopic (exact) mass is 502 g/mol. The van der Waals surface area contributed by atoms with Crippen LogP contribution < -0.4 is 0 Å². The highest BCUT2D eigenvalue weighted by molar-refractivity contribution is 6.09. The zero-order chi connectivity index (χ0) is 26.9. The van der Waals surface area contributed by atoms with Crippen LogP contribution >= 0.6 is 0 Å². The van der Waals surface area contributed by atoms with Gasteiger partial charge in [0.05, 0.1) is 5.56 Å². The Morgan fingerprint density at radius 2 is 1.54 bits per heavy atom. The van der Waals surface area contributed by atoms with E-state index in [1.54, 1.807) is 37.3 Å². The highest BCUT2D eigenvalue weighted by atomic mass is 16.5. The molecule has 37 heavy (non-hydrogen) atoms. The maximum absolute atomic E-state index is 12.6. The van der Waals surface area contributed by atoms with Gasteiger partial charge in [0.15, 0.2) is 5.78 Å². The third kappa shape index (κ3) is 7.50. The summed E-state index contributed by atoms with van der Waals surface area (Å²) in [7, 11) is 0. The van der Waals surface area contributed by atoms with E-state index in [0.29, 0.717) is 11.1 Å². The number of ketones is 1. The first-order chi connectivity index (χ1) is 17.6. The minimum Gasteiger partial charge on any atom is -0.508 e. The van der Waals surface area contributed by atoms with Gasteiger partial charge in [0.2, 0.25) is 0 Å². The number of phenols is 5. The van der Waals surface area contributed by atoms with Crippen molar-refractivity contribution >= 4 is 23.9 Å². The molecule has 0 fully saturated rings. The van der Waals surface area contributed by atoms with Gasteiger partial charge < -0.3 is 30.3 Å². The lowest BCUT2D eigenvalue weighted by Gasteiger charge is -2.10. The first-order valence-corrected chi connectivity index (χ1v) is 11.3. The Morgan fingerprint density at radius 1 is 0.838 bits per heavy atom. The van der Waals surface area contributed by atoms with Crippen molar-refractivity contribution in [3.8, 4) is 28.7 Å². The summed E-state index contributed by atoms with van der Waals surface area (Å²) in [5.41, 5.74) is 1.09. The van der Waals surface area contributed by atoms with Gasteiger partial charge >= 0.3 is 5.97 Å². The van der Waals surface area contributed by atoms with Gasteiger partial charge in [0.25, 0.3) is 0 Å². The highest BCUT2D eigenvalue weighted by Crippen LogP contribution is 2.32. The largest absolute Gasteiger partial charge is 0.508 e. The average molecular weight is 503 g/mol. The van der Waals surface area contributed by atoms with E-state index in [-0.39, 0.29) is 40.5 Å². The van der Waals surface area contributed by atoms with Crippen molar-refractivity contribution in [2.75, 3.05) is 0 Å². The number of hydrogen-bond donors (Lipinski definition) is 5. The minimum atomic E-state index is -0.605. The van der Waals surface area contributed by atoms with Gasteiger partial charge in [-0.15, -0.1) is 0 Å². The van der Waals surface area contributed by atoms with Crippen LogP contribution in [-0.2, 0) is 16.0 Å². The van der Waals surface area contributed by atoms with E-state index in [1.807, 2.05) is 0 Å². The van der Waals surface area contributed by atoms with Crippen molar-refractivity contribution < 1.29 is 39.9 Å². The summed E-state index contributed by atoms with van der Waals surface area (Å²) in [4.78, 5) is 24.6. The summed E-state index contributed by atoms with van der Waals surface area (Å²) in [5, 5.41) is 49.3. The molecule has 3 aromatic rings. The van der Waals surface area contributed by atoms with Crippen LogP contribution in [0.1, 0.15) is 34.0 Å². The van der Waals surface area contributed by atoms with E-state index in [9.17, 15) is 35.1 Å². The number of rotatable bonds is 9. The molecule has 8 nitrogen and oxygen atoms in total. The molecule has 1 unspecified atom stereocenters. The van der Waals surface area contributed by atoms with Crippen LogP contribution in [0.3, 0.4) is 0 Å². The van der Waals surface area contributed by atoms with E-state index in [4.69, 9.17) is 4.74 Å². The molecule has 0 heterocycles. The van der Waals surface area contributed by atoms with Crippen LogP contribution in [-0.4, -0.2) is 43.4 Å². The fourth-order valence-corrected chi connectivity index (χ4v) is 3.34. The predicted molar refractivity (Wildman–Crippen MR) is 138 cm³/mol. The fourth-order valence-electron chi connectivity index (χ4n) is 3.34. The minimum absolute atomic E-state index is 0.0467. The van der Waals surface area contributed by atoms with Crippen molar-refractivity contribution in [1.29, 1.82) is 0 Å². The zero-order valence-corrected chi connectivity index (χ0v) is 19.9. The SMILES string of the molecule is CC(/C=C\Cc1c(O)ccc(C(=O)/C=C/c2ccc(O)cc2O)c1O)OC(=O)/C=C/c1ccc(O)cc1. The number of aromatic hydroxyl groups is 5. The molecule has 8 heteroatoms. The van der Waals surface area contributed by atoms with Crippen LogP contribution in [0.4, 0.5) is 0 Å². The molecular weight excluding hydrogens is 476 g/mol. The average Bonchev–Trinajstić information content (AvgIpc) is 2.85. The molecule has 3 rings (SSSR count). The highest BCUT2D eigenvalue weighted by Gasteiger charge is 2.16. The lowest BCUT2D eigenvalue weighted by Crippen LogP contribution is -2.10. The molecule has 0 saturated carbocycles. The van der Waals surface area contributed by atoms with Crippen molar-refractivity contribution in [3.05, 3.63) is 101 Å². The molecule has 0 bridgehead atoms. The van der Waals surface area contributed by atoms with E-state index in [1.165, 1.54) is 48.6 Å². The molecular formula is C29H26O8. The normalized spacial score (nSPS) is 12.4. The first kappa shape index (κ1) is 26.6. The summed E-state index contributed by atoms with van der Waals surface area (Å²) < 4.78 is 5.26. The number of esters is 1. The van der Waals surface area contributed by atoms with E-state index in [0.717, 1.165) is 12.1 Å². The molecule has 0 saturated heterocycles. The van der Waals surface area contributed by atoms with Gasteiger partial charge in [-0.3, -0.25) is 4.79 Å². The van der Waals surface area contributed by atoms with Gasteiger partial charge in [-0.2, -0.15) is 0 Å². The van der Waals surface area contributed by atoms with Crippen LogP contribution in [0, 0.1) is 0 Å². The summed E-state index contributed by atoms with van der Waals surface area (Å²) in [5.74, 6) is -1.94. The lowest BCUT2D eigenvalue weighted by atomic mass is 10.0.